The molecule has 7 aromatic carbocycles. The van der Waals surface area contributed by atoms with Crippen molar-refractivity contribution in [3.63, 3.8) is 0 Å². The maximum atomic E-state index is 12.1. The monoisotopic (exact) mass is 1030 g/mol. The first-order valence-electron chi connectivity index (χ1n) is 25.9. The van der Waals surface area contributed by atoms with Gasteiger partial charge in [-0.15, -0.1) is 0 Å². The lowest BCUT2D eigenvalue weighted by molar-refractivity contribution is -0.396. The molecule has 7 aromatic rings. The van der Waals surface area contributed by atoms with Crippen molar-refractivity contribution >= 4 is 18.7 Å². The van der Waals surface area contributed by atoms with Gasteiger partial charge in [-0.1, -0.05) is 233 Å². The van der Waals surface area contributed by atoms with Crippen LogP contribution >= 0.6 is 0 Å². The molecule has 392 valence electrons. The fourth-order valence-corrected chi connectivity index (χ4v) is 14.9. The van der Waals surface area contributed by atoms with Crippen LogP contribution in [0.5, 0.6) is 0 Å². The van der Waals surface area contributed by atoms with E-state index >= 15 is 0 Å². The van der Waals surface area contributed by atoms with Gasteiger partial charge in [0.05, 0.1) is 46.2 Å². The molecule has 11 nitrogen and oxygen atoms in total. The first-order chi connectivity index (χ1) is 36.7. The molecule has 9 atom stereocenters. The minimum absolute atomic E-state index is 0.0416. The molecule has 12 heteroatoms. The summed E-state index contributed by atoms with van der Waals surface area (Å²) in [5.41, 5.74) is 4.58. The highest BCUT2D eigenvalue weighted by Crippen LogP contribution is 2.43. The quantitative estimate of drug-likeness (QED) is 0.0564. The lowest BCUT2D eigenvalue weighted by Crippen LogP contribution is -2.67. The molecular formula is C63H70O11Si. The van der Waals surface area contributed by atoms with Crippen LogP contribution in [-0.4, -0.2) is 93.2 Å². The second-order valence-corrected chi connectivity index (χ2v) is 24.5. The third-order valence-corrected chi connectivity index (χ3v) is 19.1. The molecule has 2 saturated heterocycles. The summed E-state index contributed by atoms with van der Waals surface area (Å²) in [6.07, 6.45) is -7.86. The Bertz CT molecular complexity index is 2680. The van der Waals surface area contributed by atoms with Crippen molar-refractivity contribution in [3.8, 4) is 0 Å². The first-order valence-corrected chi connectivity index (χ1v) is 27.9. The van der Waals surface area contributed by atoms with Gasteiger partial charge in [0.1, 0.15) is 49.3 Å². The van der Waals surface area contributed by atoms with Gasteiger partial charge < -0.3 is 52.5 Å². The molecule has 9 rings (SSSR count). The maximum absolute atomic E-state index is 12.1. The van der Waals surface area contributed by atoms with Crippen LogP contribution in [0, 0.1) is 0 Å². The minimum atomic E-state index is -3.16. The normalized spacial score (nSPS) is 24.0. The van der Waals surface area contributed by atoms with Gasteiger partial charge in [-0.2, -0.15) is 0 Å². The number of aliphatic hydroxyl groups excluding tert-OH is 2. The van der Waals surface area contributed by atoms with Gasteiger partial charge in [0.25, 0.3) is 8.32 Å². The van der Waals surface area contributed by atoms with Gasteiger partial charge in [-0.25, -0.2) is 0 Å². The summed E-state index contributed by atoms with van der Waals surface area (Å²) in [5, 5.41) is 25.2. The van der Waals surface area contributed by atoms with Gasteiger partial charge >= 0.3 is 0 Å². The summed E-state index contributed by atoms with van der Waals surface area (Å²) in [4.78, 5) is 0. The molecule has 0 aliphatic carbocycles. The molecule has 0 saturated carbocycles. The number of hydrogen-bond acceptors (Lipinski definition) is 11. The van der Waals surface area contributed by atoms with E-state index in [2.05, 4.69) is 69.3 Å². The van der Waals surface area contributed by atoms with Crippen molar-refractivity contribution in [1.29, 1.82) is 0 Å². The van der Waals surface area contributed by atoms with Gasteiger partial charge in [-0.3, -0.25) is 0 Å². The highest BCUT2D eigenvalue weighted by Gasteiger charge is 2.62. The molecule has 2 aliphatic rings. The number of ether oxygens (including phenoxy) is 8. The van der Waals surface area contributed by atoms with Crippen LogP contribution in [0.25, 0.3) is 0 Å². The van der Waals surface area contributed by atoms with Crippen LogP contribution in [0.3, 0.4) is 0 Å². The Morgan fingerprint density at radius 3 is 1.19 bits per heavy atom. The van der Waals surface area contributed by atoms with Crippen LogP contribution in [-0.2, 0) is 75.4 Å². The average Bonchev–Trinajstić information content (AvgIpc) is 3.75. The number of benzene rings is 7. The summed E-state index contributed by atoms with van der Waals surface area (Å²) < 4.78 is 63.7. The summed E-state index contributed by atoms with van der Waals surface area (Å²) in [7, 11) is -3.16. The Balaban J connectivity index is 1.13. The zero-order chi connectivity index (χ0) is 51.9. The molecule has 75 heavy (non-hydrogen) atoms. The molecule has 2 fully saturated rings. The summed E-state index contributed by atoms with van der Waals surface area (Å²) >= 11 is 0. The molecule has 0 spiro atoms. The second-order valence-electron chi connectivity index (χ2n) is 20.2. The summed E-state index contributed by atoms with van der Waals surface area (Å²) in [5.74, 6) is -1.96. The Kier molecular flexibility index (Phi) is 18.7. The van der Waals surface area contributed by atoms with E-state index in [1.54, 1.807) is 0 Å². The molecule has 2 aliphatic heterocycles. The highest BCUT2D eigenvalue weighted by molar-refractivity contribution is 6.99. The molecular weight excluding hydrogens is 961 g/mol. The average molecular weight is 1030 g/mol. The second kappa shape index (κ2) is 25.9. The van der Waals surface area contributed by atoms with Crippen LogP contribution in [0.1, 0.15) is 48.6 Å². The van der Waals surface area contributed by atoms with E-state index in [4.69, 9.17) is 42.3 Å². The predicted octanol–water partition coefficient (Wildman–Crippen LogP) is 9.31. The van der Waals surface area contributed by atoms with E-state index in [9.17, 15) is 10.2 Å². The van der Waals surface area contributed by atoms with Crippen molar-refractivity contribution < 1.29 is 52.5 Å². The fourth-order valence-electron chi connectivity index (χ4n) is 10.3. The smallest absolute Gasteiger partial charge is 0.261 e. The predicted molar refractivity (Wildman–Crippen MR) is 290 cm³/mol. The lowest BCUT2D eigenvalue weighted by Gasteiger charge is -2.48. The van der Waals surface area contributed by atoms with Crippen molar-refractivity contribution in [2.24, 2.45) is 0 Å². The molecule has 0 unspecified atom stereocenters. The van der Waals surface area contributed by atoms with E-state index in [0.29, 0.717) is 0 Å². The van der Waals surface area contributed by atoms with Gasteiger partial charge in [0.2, 0.25) is 5.79 Å². The Morgan fingerprint density at radius 2 is 0.800 bits per heavy atom. The van der Waals surface area contributed by atoms with E-state index < -0.39 is 76.3 Å². The van der Waals surface area contributed by atoms with Crippen molar-refractivity contribution in [2.45, 2.75) is 114 Å². The van der Waals surface area contributed by atoms with Crippen molar-refractivity contribution in [1.82, 2.24) is 0 Å². The molecule has 2 heterocycles. The van der Waals surface area contributed by atoms with Gasteiger partial charge in [0, 0.05) is 0 Å². The van der Waals surface area contributed by atoms with E-state index in [-0.39, 0.29) is 44.7 Å². The Morgan fingerprint density at radius 1 is 0.440 bits per heavy atom. The van der Waals surface area contributed by atoms with E-state index in [0.717, 1.165) is 38.2 Å². The summed E-state index contributed by atoms with van der Waals surface area (Å²) in [6.45, 7) is 6.46. The molecule has 2 N–H and O–H groups in total. The van der Waals surface area contributed by atoms with Crippen molar-refractivity contribution in [3.05, 3.63) is 240 Å². The van der Waals surface area contributed by atoms with Crippen molar-refractivity contribution in [2.75, 3.05) is 19.8 Å². The third kappa shape index (κ3) is 13.1. The van der Waals surface area contributed by atoms with Crippen LogP contribution in [0.15, 0.2) is 212 Å². The number of rotatable bonds is 24. The van der Waals surface area contributed by atoms with Crippen LogP contribution in [0.2, 0.25) is 5.04 Å². The zero-order valence-electron chi connectivity index (χ0n) is 43.1. The SMILES string of the molecule is CC(C)(C)[Si](OC[C@H]1O[C@@](CO)(O[C@H]2O[C@H](CO)[C@@H](OCc3ccccc3)[C@H](OCc3ccccc3)[C@H]2OCc2ccccc2)[C@@H](OCc2ccccc2)[C@@H]1OCc1ccccc1)(c1ccccc1)c1ccccc1. The van der Waals surface area contributed by atoms with Crippen LogP contribution < -0.4 is 10.4 Å². The topological polar surface area (TPSA) is 124 Å². The first kappa shape index (κ1) is 54.1. The summed E-state index contributed by atoms with van der Waals surface area (Å²) in [6, 6.07) is 70.1. The fraction of sp³-hybridized carbons (Fsp3) is 0.333. The molecule has 0 aromatic heterocycles. The number of aliphatic hydroxyl groups is 2. The molecule has 0 bridgehead atoms. The van der Waals surface area contributed by atoms with E-state index in [1.165, 1.54) is 0 Å². The Hall–Kier alpha value is -5.68. The molecule has 0 amide bonds. The zero-order valence-corrected chi connectivity index (χ0v) is 44.1. The largest absolute Gasteiger partial charge is 0.405 e. The highest BCUT2D eigenvalue weighted by atomic mass is 28.4. The maximum Gasteiger partial charge on any atom is 0.261 e. The van der Waals surface area contributed by atoms with Crippen LogP contribution in [0.4, 0.5) is 0 Å². The third-order valence-electron chi connectivity index (χ3n) is 14.1. The standard InChI is InChI=1S/C63H70O11Si/c1-62(2,3)75(52-35-21-9-22-36-52,53-37-23-10-24-38-53)71-45-55-57(67-41-48-27-13-5-14-28-48)60(70-44-51-33-19-8-20-34-51)63(46-65,73-55)74-61-59(69-43-50-31-17-7-18-32-50)58(68-42-49-29-15-6-16-30-49)56(54(39-64)72-61)66-40-47-25-11-4-12-26-47/h4-38,54-61,64-65H,39-46H2,1-3H3/t54-,55-,56-,57-,58+,59-,60+,61-,63+/m1/s1. The van der Waals surface area contributed by atoms with Gasteiger partial charge in [0.15, 0.2) is 6.29 Å². The van der Waals surface area contributed by atoms with E-state index in [1.807, 2.05) is 164 Å². The number of hydrogen-bond donors (Lipinski definition) is 2. The molecule has 0 radical (unpaired) electrons. The van der Waals surface area contributed by atoms with Gasteiger partial charge in [-0.05, 0) is 43.2 Å². The Labute approximate surface area is 443 Å². The minimum Gasteiger partial charge on any atom is -0.405 e. The lowest BCUT2D eigenvalue weighted by atomic mass is 9.97.